The van der Waals surface area contributed by atoms with Gasteiger partial charge in [-0.05, 0) is 23.3 Å². The smallest absolute Gasteiger partial charge is 0.325 e. The van der Waals surface area contributed by atoms with Crippen molar-refractivity contribution in [1.29, 1.82) is 0 Å². The molecule has 68 valence electrons. The fourth-order valence-electron chi connectivity index (χ4n) is 1.55. The topological polar surface area (TPSA) is 49.3 Å². The van der Waals surface area contributed by atoms with Crippen molar-refractivity contribution in [2.75, 3.05) is 0 Å². The Morgan fingerprint density at radius 1 is 1.62 bits per heavy atom. The van der Waals surface area contributed by atoms with Gasteiger partial charge in [0, 0.05) is 6.54 Å². The zero-order valence-electron chi connectivity index (χ0n) is 6.75. The summed E-state index contributed by atoms with van der Waals surface area (Å²) >= 11 is 0. The number of halogens is 1. The van der Waals surface area contributed by atoms with Crippen LogP contribution in [0.4, 0.5) is 4.39 Å². The van der Waals surface area contributed by atoms with Crippen LogP contribution in [-0.2, 0) is 11.3 Å². The van der Waals surface area contributed by atoms with Crippen LogP contribution in [0.3, 0.4) is 0 Å². The molecule has 1 atom stereocenters. The van der Waals surface area contributed by atoms with Gasteiger partial charge in [-0.3, -0.25) is 10.1 Å². The average Bonchev–Trinajstić information content (AvgIpc) is 2.46. The van der Waals surface area contributed by atoms with Gasteiger partial charge in [-0.1, -0.05) is 6.07 Å². The molecule has 0 unspecified atom stereocenters. The van der Waals surface area contributed by atoms with E-state index >= 15 is 0 Å². The molecule has 1 aliphatic heterocycles. The van der Waals surface area contributed by atoms with Crippen molar-refractivity contribution in [2.24, 2.45) is 0 Å². The Balaban J connectivity index is 2.44. The SMILES string of the molecule is O=C(O)[C@H]1NCc2cc(F)ccc21. The van der Waals surface area contributed by atoms with Gasteiger partial charge < -0.3 is 5.11 Å². The van der Waals surface area contributed by atoms with E-state index in [1.807, 2.05) is 0 Å². The van der Waals surface area contributed by atoms with Crippen LogP contribution in [0.2, 0.25) is 0 Å². The van der Waals surface area contributed by atoms with Gasteiger partial charge >= 0.3 is 5.97 Å². The first-order chi connectivity index (χ1) is 6.18. The standard InChI is InChI=1S/C9H8FNO2/c10-6-1-2-7-5(3-6)4-11-8(7)9(12)13/h1-3,8,11H,4H2,(H,12,13)/t8-/m0/s1. The molecule has 0 amide bonds. The van der Waals surface area contributed by atoms with Crippen molar-refractivity contribution in [3.8, 4) is 0 Å². The van der Waals surface area contributed by atoms with Crippen LogP contribution in [0.1, 0.15) is 17.2 Å². The second-order valence-corrected chi connectivity index (χ2v) is 3.00. The first kappa shape index (κ1) is 8.19. The van der Waals surface area contributed by atoms with Crippen molar-refractivity contribution in [3.63, 3.8) is 0 Å². The van der Waals surface area contributed by atoms with Crippen molar-refractivity contribution < 1.29 is 14.3 Å². The van der Waals surface area contributed by atoms with E-state index in [1.54, 1.807) is 0 Å². The Labute approximate surface area is 74.2 Å². The second-order valence-electron chi connectivity index (χ2n) is 3.00. The van der Waals surface area contributed by atoms with Gasteiger partial charge in [-0.25, -0.2) is 4.39 Å². The minimum Gasteiger partial charge on any atom is -0.480 e. The molecule has 0 aliphatic carbocycles. The summed E-state index contributed by atoms with van der Waals surface area (Å²) in [5, 5.41) is 11.6. The minimum atomic E-state index is -0.926. The molecule has 1 aliphatic rings. The molecule has 0 saturated heterocycles. The van der Waals surface area contributed by atoms with Gasteiger partial charge in [0.2, 0.25) is 0 Å². The molecule has 2 N–H and O–H groups in total. The Hall–Kier alpha value is -1.42. The summed E-state index contributed by atoms with van der Waals surface area (Å²) in [6, 6.07) is 3.48. The summed E-state index contributed by atoms with van der Waals surface area (Å²) in [7, 11) is 0. The second kappa shape index (κ2) is 2.81. The van der Waals surface area contributed by atoms with Gasteiger partial charge in [0.1, 0.15) is 11.9 Å². The quantitative estimate of drug-likeness (QED) is 0.680. The van der Waals surface area contributed by atoms with Crippen LogP contribution in [0.5, 0.6) is 0 Å². The lowest BCUT2D eigenvalue weighted by atomic mass is 10.1. The molecule has 0 bridgehead atoms. The van der Waals surface area contributed by atoms with Crippen LogP contribution in [0, 0.1) is 5.82 Å². The third-order valence-corrected chi connectivity index (χ3v) is 2.16. The maximum absolute atomic E-state index is 12.7. The van der Waals surface area contributed by atoms with E-state index in [1.165, 1.54) is 18.2 Å². The Kier molecular flexibility index (Phi) is 1.77. The van der Waals surface area contributed by atoms with Crippen molar-refractivity contribution in [3.05, 3.63) is 35.1 Å². The summed E-state index contributed by atoms with van der Waals surface area (Å²) in [5.41, 5.74) is 1.39. The highest BCUT2D eigenvalue weighted by Crippen LogP contribution is 2.25. The van der Waals surface area contributed by atoms with E-state index in [0.29, 0.717) is 12.1 Å². The molecule has 3 nitrogen and oxygen atoms in total. The molecule has 1 aromatic rings. The van der Waals surface area contributed by atoms with Gasteiger partial charge in [0.25, 0.3) is 0 Å². The molecule has 0 fully saturated rings. The van der Waals surface area contributed by atoms with Gasteiger partial charge in [-0.15, -0.1) is 0 Å². The molecule has 1 aromatic carbocycles. The van der Waals surface area contributed by atoms with Gasteiger partial charge in [-0.2, -0.15) is 0 Å². The summed E-state index contributed by atoms with van der Waals surface area (Å²) in [6.45, 7) is 0.421. The highest BCUT2D eigenvalue weighted by molar-refractivity contribution is 5.77. The molecular formula is C9H8FNO2. The highest BCUT2D eigenvalue weighted by Gasteiger charge is 2.27. The van der Waals surface area contributed by atoms with E-state index in [2.05, 4.69) is 5.32 Å². The number of hydrogen-bond acceptors (Lipinski definition) is 2. The molecular weight excluding hydrogens is 173 g/mol. The van der Waals surface area contributed by atoms with Crippen LogP contribution in [-0.4, -0.2) is 11.1 Å². The van der Waals surface area contributed by atoms with Crippen LogP contribution in [0.25, 0.3) is 0 Å². The third kappa shape index (κ3) is 1.29. The lowest BCUT2D eigenvalue weighted by Crippen LogP contribution is -2.21. The minimum absolute atomic E-state index is 0.327. The number of aliphatic carboxylic acids is 1. The number of benzene rings is 1. The Morgan fingerprint density at radius 3 is 3.08 bits per heavy atom. The number of carboxylic acids is 1. The first-order valence-electron chi connectivity index (χ1n) is 3.93. The number of carboxylic acid groups (broad SMARTS) is 1. The van der Waals surface area contributed by atoms with Crippen molar-refractivity contribution in [1.82, 2.24) is 5.32 Å². The van der Waals surface area contributed by atoms with Crippen LogP contribution < -0.4 is 5.32 Å². The van der Waals surface area contributed by atoms with Gasteiger partial charge in [0.15, 0.2) is 0 Å². The maximum Gasteiger partial charge on any atom is 0.325 e. The highest BCUT2D eigenvalue weighted by atomic mass is 19.1. The third-order valence-electron chi connectivity index (χ3n) is 2.16. The summed E-state index contributed by atoms with van der Waals surface area (Å²) in [6.07, 6.45) is 0. The van der Waals surface area contributed by atoms with Gasteiger partial charge in [0.05, 0.1) is 0 Å². The molecule has 2 rings (SSSR count). The summed E-state index contributed by atoms with van der Waals surface area (Å²) in [5.74, 6) is -1.25. The normalized spacial score (nSPS) is 19.9. The van der Waals surface area contributed by atoms with Crippen LogP contribution >= 0.6 is 0 Å². The van der Waals surface area contributed by atoms with E-state index < -0.39 is 12.0 Å². The largest absolute Gasteiger partial charge is 0.480 e. The molecule has 1 heterocycles. The number of hydrogen-bond donors (Lipinski definition) is 2. The van der Waals surface area contributed by atoms with E-state index in [4.69, 9.17) is 5.11 Å². The van der Waals surface area contributed by atoms with E-state index in [-0.39, 0.29) is 5.82 Å². The predicted molar refractivity (Wildman–Crippen MR) is 43.6 cm³/mol. The monoisotopic (exact) mass is 181 g/mol. The molecule has 0 radical (unpaired) electrons. The summed E-state index contributed by atoms with van der Waals surface area (Å²) in [4.78, 5) is 10.7. The lowest BCUT2D eigenvalue weighted by Gasteiger charge is -2.04. The number of nitrogens with one attached hydrogen (secondary N) is 1. The van der Waals surface area contributed by atoms with Crippen LogP contribution in [0.15, 0.2) is 18.2 Å². The molecule has 0 spiro atoms. The van der Waals surface area contributed by atoms with E-state index in [0.717, 1.165) is 5.56 Å². The first-order valence-corrected chi connectivity index (χ1v) is 3.93. The maximum atomic E-state index is 12.7. The zero-order chi connectivity index (χ0) is 9.42. The molecule has 4 heteroatoms. The molecule has 13 heavy (non-hydrogen) atoms. The fourth-order valence-corrected chi connectivity index (χ4v) is 1.55. The summed E-state index contributed by atoms with van der Waals surface area (Å²) < 4.78 is 12.7. The average molecular weight is 181 g/mol. The Morgan fingerprint density at radius 2 is 2.38 bits per heavy atom. The number of fused-ring (bicyclic) bond motifs is 1. The zero-order valence-corrected chi connectivity index (χ0v) is 6.75. The molecule has 0 aromatic heterocycles. The van der Waals surface area contributed by atoms with Crippen molar-refractivity contribution in [2.45, 2.75) is 12.6 Å². The molecule has 0 saturated carbocycles. The van der Waals surface area contributed by atoms with Crippen molar-refractivity contribution >= 4 is 5.97 Å². The van der Waals surface area contributed by atoms with E-state index in [9.17, 15) is 9.18 Å². The Bertz CT molecular complexity index is 365. The number of carbonyl (C=O) groups is 1. The lowest BCUT2D eigenvalue weighted by molar-refractivity contribution is -0.139. The number of rotatable bonds is 1. The predicted octanol–water partition coefficient (Wildman–Crippen LogP) is 1.05. The fraction of sp³-hybridized carbons (Fsp3) is 0.222.